The summed E-state index contributed by atoms with van der Waals surface area (Å²) in [7, 11) is 2.50. The Morgan fingerprint density at radius 3 is 2.35 bits per heavy atom. The standard InChI is InChI=1S/C19H24NS2.BrH/c1-20-11-3-2-6-16(20)10-9-15(14-20)19(17-7-4-12-21-17)18-8-5-13-22-18;/h4-5,7-8,12-13,16H,2-3,6,9-11,14H2,1H3;1H/q+1;/p-1. The van der Waals surface area contributed by atoms with E-state index in [9.17, 15) is 0 Å². The quantitative estimate of drug-likeness (QED) is 0.668. The number of hydrogen-bond donors (Lipinski definition) is 0. The van der Waals surface area contributed by atoms with Crippen LogP contribution in [0.15, 0.2) is 40.6 Å². The van der Waals surface area contributed by atoms with Crippen molar-refractivity contribution in [3.05, 3.63) is 50.4 Å². The van der Waals surface area contributed by atoms with Crippen LogP contribution in [0.5, 0.6) is 0 Å². The second-order valence-corrected chi connectivity index (χ2v) is 8.88. The summed E-state index contributed by atoms with van der Waals surface area (Å²) in [5, 5.41) is 4.43. The average molecular weight is 410 g/mol. The molecule has 1 nitrogen and oxygen atoms in total. The molecular weight excluding hydrogens is 386 g/mol. The van der Waals surface area contributed by atoms with Gasteiger partial charge < -0.3 is 21.5 Å². The maximum atomic E-state index is 2.50. The van der Waals surface area contributed by atoms with Gasteiger partial charge in [0.25, 0.3) is 0 Å². The van der Waals surface area contributed by atoms with Crippen LogP contribution < -0.4 is 17.0 Å². The van der Waals surface area contributed by atoms with Gasteiger partial charge in [0, 0.05) is 21.7 Å². The van der Waals surface area contributed by atoms with Crippen molar-refractivity contribution in [2.24, 2.45) is 0 Å². The van der Waals surface area contributed by atoms with Crippen molar-refractivity contribution in [1.82, 2.24) is 0 Å². The van der Waals surface area contributed by atoms with Gasteiger partial charge >= 0.3 is 0 Å². The first-order valence-corrected chi connectivity index (χ1v) is 10.2. The predicted molar refractivity (Wildman–Crippen MR) is 97.5 cm³/mol. The van der Waals surface area contributed by atoms with Crippen LogP contribution in [0.25, 0.3) is 5.57 Å². The average Bonchev–Trinajstić information content (AvgIpc) is 3.20. The SMILES string of the molecule is C[N+]12CCCCC1CCC(=C(c1cccs1)c1cccs1)C2.[Br-]. The molecule has 4 rings (SSSR count). The molecule has 2 aromatic rings. The first kappa shape index (κ1) is 17.4. The fourth-order valence-electron chi connectivity index (χ4n) is 4.38. The third-order valence-corrected chi connectivity index (χ3v) is 7.33. The Kier molecular flexibility index (Phi) is 5.46. The number of thiophene rings is 2. The minimum atomic E-state index is 0. The van der Waals surface area contributed by atoms with Crippen molar-refractivity contribution < 1.29 is 21.5 Å². The Labute approximate surface area is 158 Å². The van der Waals surface area contributed by atoms with Crippen molar-refractivity contribution in [3.8, 4) is 0 Å². The first-order chi connectivity index (χ1) is 10.8. The van der Waals surface area contributed by atoms with Crippen molar-refractivity contribution in [1.29, 1.82) is 0 Å². The molecule has 0 aromatic carbocycles. The normalized spacial score (nSPS) is 27.2. The highest BCUT2D eigenvalue weighted by Gasteiger charge is 2.40. The van der Waals surface area contributed by atoms with Gasteiger partial charge in [-0.25, -0.2) is 0 Å². The minimum absolute atomic E-state index is 0. The van der Waals surface area contributed by atoms with Gasteiger partial charge in [-0.1, -0.05) is 12.1 Å². The molecule has 0 spiro atoms. The highest BCUT2D eigenvalue weighted by molar-refractivity contribution is 7.13. The van der Waals surface area contributed by atoms with Crippen LogP contribution in [0, 0.1) is 0 Å². The Hall–Kier alpha value is -0.420. The second kappa shape index (κ2) is 7.22. The molecule has 2 unspecified atom stereocenters. The van der Waals surface area contributed by atoms with Crippen molar-refractivity contribution in [2.45, 2.75) is 38.1 Å². The number of quaternary nitrogens is 1. The molecular formula is C19H24BrNS2. The maximum Gasteiger partial charge on any atom is 0.101 e. The summed E-state index contributed by atoms with van der Waals surface area (Å²) in [5.74, 6) is 0. The van der Waals surface area contributed by atoms with Gasteiger partial charge in [0.05, 0.1) is 19.6 Å². The molecule has 2 fully saturated rings. The van der Waals surface area contributed by atoms with Gasteiger partial charge in [-0.3, -0.25) is 0 Å². The van der Waals surface area contributed by atoms with Crippen LogP contribution in [-0.2, 0) is 0 Å². The molecule has 2 aliphatic rings. The summed E-state index contributed by atoms with van der Waals surface area (Å²) in [6.07, 6.45) is 6.97. The second-order valence-electron chi connectivity index (χ2n) is 6.98. The molecule has 0 N–H and O–H groups in total. The summed E-state index contributed by atoms with van der Waals surface area (Å²) in [4.78, 5) is 2.92. The monoisotopic (exact) mass is 409 g/mol. The number of hydrogen-bond acceptors (Lipinski definition) is 2. The zero-order chi connectivity index (χ0) is 15.0. The van der Waals surface area contributed by atoms with Crippen LogP contribution in [0.2, 0.25) is 0 Å². The molecule has 124 valence electrons. The first-order valence-electron chi connectivity index (χ1n) is 8.40. The van der Waals surface area contributed by atoms with E-state index in [1.807, 2.05) is 22.7 Å². The molecule has 2 atom stereocenters. The molecule has 2 aliphatic heterocycles. The zero-order valence-corrected chi connectivity index (χ0v) is 16.9. The molecule has 2 aromatic heterocycles. The van der Waals surface area contributed by atoms with E-state index in [2.05, 4.69) is 42.1 Å². The van der Waals surface area contributed by atoms with E-state index in [1.165, 1.54) is 59.4 Å². The van der Waals surface area contributed by atoms with E-state index in [1.54, 1.807) is 11.1 Å². The molecule has 2 saturated heterocycles. The van der Waals surface area contributed by atoms with Gasteiger partial charge in [-0.05, 0) is 54.1 Å². The summed E-state index contributed by atoms with van der Waals surface area (Å²) in [6, 6.07) is 9.89. The molecule has 0 aliphatic carbocycles. The fraction of sp³-hybridized carbons (Fsp3) is 0.474. The number of halogens is 1. The fourth-order valence-corrected chi connectivity index (χ4v) is 6.11. The highest BCUT2D eigenvalue weighted by atomic mass is 79.9. The lowest BCUT2D eigenvalue weighted by Gasteiger charge is -2.48. The Morgan fingerprint density at radius 1 is 1.04 bits per heavy atom. The molecule has 4 heterocycles. The van der Waals surface area contributed by atoms with Gasteiger partial charge in [-0.2, -0.15) is 0 Å². The Balaban J connectivity index is 0.00000156. The molecule has 23 heavy (non-hydrogen) atoms. The van der Waals surface area contributed by atoms with Crippen molar-refractivity contribution in [3.63, 3.8) is 0 Å². The van der Waals surface area contributed by atoms with Crippen LogP contribution in [0.1, 0.15) is 41.9 Å². The Morgan fingerprint density at radius 2 is 1.74 bits per heavy atom. The van der Waals surface area contributed by atoms with Crippen LogP contribution in [0.4, 0.5) is 0 Å². The van der Waals surface area contributed by atoms with Crippen LogP contribution >= 0.6 is 22.7 Å². The van der Waals surface area contributed by atoms with E-state index in [4.69, 9.17) is 0 Å². The largest absolute Gasteiger partial charge is 1.00 e. The zero-order valence-electron chi connectivity index (χ0n) is 13.6. The molecule has 4 heteroatoms. The summed E-state index contributed by atoms with van der Waals surface area (Å²) >= 11 is 3.79. The lowest BCUT2D eigenvalue weighted by Crippen LogP contribution is -3.00. The van der Waals surface area contributed by atoms with Crippen molar-refractivity contribution >= 4 is 28.2 Å². The molecule has 0 amide bonds. The van der Waals surface area contributed by atoms with Crippen LogP contribution in [0.3, 0.4) is 0 Å². The van der Waals surface area contributed by atoms with Gasteiger partial charge in [-0.15, -0.1) is 22.7 Å². The minimum Gasteiger partial charge on any atom is -1.00 e. The third-order valence-electron chi connectivity index (χ3n) is 5.56. The number of fused-ring (bicyclic) bond motifs is 1. The van der Waals surface area contributed by atoms with Gasteiger partial charge in [0.2, 0.25) is 0 Å². The van der Waals surface area contributed by atoms with Crippen LogP contribution in [-0.4, -0.2) is 30.7 Å². The van der Waals surface area contributed by atoms with Gasteiger partial charge in [0.1, 0.15) is 6.54 Å². The summed E-state index contributed by atoms with van der Waals surface area (Å²) in [6.45, 7) is 2.63. The maximum absolute atomic E-state index is 2.50. The third kappa shape index (κ3) is 3.37. The lowest BCUT2D eigenvalue weighted by atomic mass is 9.85. The van der Waals surface area contributed by atoms with E-state index in [0.717, 1.165) is 6.04 Å². The Bertz CT molecular complexity index is 623. The lowest BCUT2D eigenvalue weighted by molar-refractivity contribution is -0.937. The van der Waals surface area contributed by atoms with E-state index in [0.29, 0.717) is 0 Å². The molecule has 0 saturated carbocycles. The van der Waals surface area contributed by atoms with E-state index in [-0.39, 0.29) is 17.0 Å². The van der Waals surface area contributed by atoms with E-state index >= 15 is 0 Å². The summed E-state index contributed by atoms with van der Waals surface area (Å²) < 4.78 is 1.29. The summed E-state index contributed by atoms with van der Waals surface area (Å²) in [5.41, 5.74) is 3.25. The smallest absolute Gasteiger partial charge is 0.101 e. The number of rotatable bonds is 2. The predicted octanol–water partition coefficient (Wildman–Crippen LogP) is 2.41. The van der Waals surface area contributed by atoms with Crippen molar-refractivity contribution in [2.75, 3.05) is 20.1 Å². The molecule has 0 radical (unpaired) electrons. The van der Waals surface area contributed by atoms with Gasteiger partial charge in [0.15, 0.2) is 0 Å². The topological polar surface area (TPSA) is 0 Å². The number of nitrogens with zero attached hydrogens (tertiary/aromatic N) is 1. The molecule has 0 bridgehead atoms. The highest BCUT2D eigenvalue weighted by Crippen LogP contribution is 2.41. The van der Waals surface area contributed by atoms with E-state index < -0.39 is 0 Å². The number of likely N-dealkylation sites (N-methyl/N-ethyl adjacent to an activating group) is 1. The number of piperidine rings is 2.